The molecule has 3 aromatic heterocycles. The van der Waals surface area contributed by atoms with Crippen LogP contribution in [-0.2, 0) is 11.3 Å². The van der Waals surface area contributed by atoms with E-state index in [0.29, 0.717) is 11.3 Å². The van der Waals surface area contributed by atoms with Crippen molar-refractivity contribution < 1.29 is 9.42 Å². The minimum Gasteiger partial charge on any atom is -0.379 e. The molecule has 4 N–H and O–H groups in total. The van der Waals surface area contributed by atoms with E-state index in [1.165, 1.54) is 6.21 Å². The van der Waals surface area contributed by atoms with Crippen molar-refractivity contribution in [3.05, 3.63) is 66.4 Å². The molecule has 0 radical (unpaired) electrons. The lowest BCUT2D eigenvalue weighted by atomic mass is 10.1. The molecule has 0 unspecified atom stereocenters. The molecule has 1 amide bonds. The number of nitrogen functional groups attached to an aromatic ring is 1. The number of nitrogens with one attached hydrogen (secondary N) is 2. The summed E-state index contributed by atoms with van der Waals surface area (Å²) >= 11 is 0. The normalized spacial score (nSPS) is 11.4. The molecule has 0 aliphatic heterocycles. The number of carbonyl (C=O) groups is 1. The van der Waals surface area contributed by atoms with E-state index in [1.54, 1.807) is 10.8 Å². The van der Waals surface area contributed by atoms with Crippen LogP contribution in [0.25, 0.3) is 33.8 Å². The highest BCUT2D eigenvalue weighted by atomic mass is 16.6. The minimum atomic E-state index is -0.356. The number of amides is 1. The lowest BCUT2D eigenvalue weighted by Gasteiger charge is -2.06. The van der Waals surface area contributed by atoms with Gasteiger partial charge in [-0.05, 0) is 22.4 Å². The van der Waals surface area contributed by atoms with Crippen LogP contribution in [0.2, 0.25) is 0 Å². The molecule has 0 spiro atoms. The zero-order valence-electron chi connectivity index (χ0n) is 16.6. The van der Waals surface area contributed by atoms with E-state index in [-0.39, 0.29) is 24.0 Å². The second kappa shape index (κ2) is 8.14. The van der Waals surface area contributed by atoms with E-state index in [1.807, 2.05) is 54.6 Å². The van der Waals surface area contributed by atoms with Gasteiger partial charge in [-0.15, -0.1) is 0 Å². The molecule has 5 aromatic rings. The van der Waals surface area contributed by atoms with Crippen molar-refractivity contribution in [3.63, 3.8) is 0 Å². The van der Waals surface area contributed by atoms with Crippen molar-refractivity contribution in [2.24, 2.45) is 5.10 Å². The Labute approximate surface area is 180 Å². The summed E-state index contributed by atoms with van der Waals surface area (Å²) in [6, 6.07) is 17.1. The van der Waals surface area contributed by atoms with Gasteiger partial charge in [0.05, 0.1) is 29.1 Å². The monoisotopic (exact) mass is 427 g/mol. The predicted molar refractivity (Wildman–Crippen MR) is 117 cm³/mol. The molecule has 0 bridgehead atoms. The predicted octanol–water partition coefficient (Wildman–Crippen LogP) is 2.21. The number of aromatic nitrogens is 6. The van der Waals surface area contributed by atoms with Crippen LogP contribution in [0.5, 0.6) is 0 Å². The molecule has 0 fully saturated rings. The van der Waals surface area contributed by atoms with Crippen LogP contribution in [0.1, 0.15) is 5.56 Å². The van der Waals surface area contributed by atoms with Crippen LogP contribution >= 0.6 is 0 Å². The number of H-pyrrole nitrogens is 1. The Balaban J connectivity index is 1.37. The van der Waals surface area contributed by atoms with Crippen molar-refractivity contribution in [3.8, 4) is 22.8 Å². The van der Waals surface area contributed by atoms with Crippen LogP contribution in [-0.4, -0.2) is 42.2 Å². The highest BCUT2D eigenvalue weighted by molar-refractivity contribution is 5.90. The van der Waals surface area contributed by atoms with Gasteiger partial charge in [0.25, 0.3) is 5.91 Å². The Morgan fingerprint density at radius 3 is 2.78 bits per heavy atom. The molecule has 11 heteroatoms. The molecule has 0 atom stereocenters. The molecule has 0 saturated carbocycles. The number of hydrogen-bond donors (Lipinski definition) is 3. The van der Waals surface area contributed by atoms with Gasteiger partial charge in [-0.2, -0.15) is 10.2 Å². The number of fused-ring (bicyclic) bond motifs is 1. The second-order valence-corrected chi connectivity index (χ2v) is 6.87. The summed E-state index contributed by atoms with van der Waals surface area (Å²) in [6.45, 7) is -0.0591. The zero-order chi connectivity index (χ0) is 21.9. The maximum absolute atomic E-state index is 12.7. The maximum Gasteiger partial charge on any atom is 0.260 e. The first kappa shape index (κ1) is 19.2. The fourth-order valence-electron chi connectivity index (χ4n) is 3.35. The van der Waals surface area contributed by atoms with Gasteiger partial charge in [0.2, 0.25) is 0 Å². The quantitative estimate of drug-likeness (QED) is 0.277. The second-order valence-electron chi connectivity index (χ2n) is 6.87. The highest BCUT2D eigenvalue weighted by Gasteiger charge is 2.20. The number of imidazole rings is 1. The number of benzene rings is 2. The number of nitrogens with two attached hydrogens (primary N) is 1. The maximum atomic E-state index is 12.7. The van der Waals surface area contributed by atoms with Gasteiger partial charge < -0.3 is 10.3 Å². The first-order valence-corrected chi connectivity index (χ1v) is 9.65. The Morgan fingerprint density at radius 1 is 1.16 bits per heavy atom. The smallest absolute Gasteiger partial charge is 0.260 e. The molecule has 32 heavy (non-hydrogen) atoms. The zero-order valence-corrected chi connectivity index (χ0v) is 16.6. The van der Waals surface area contributed by atoms with E-state index in [0.717, 1.165) is 22.3 Å². The topological polar surface area (TPSA) is 153 Å². The van der Waals surface area contributed by atoms with Crippen LogP contribution < -0.4 is 11.2 Å². The molecule has 158 valence electrons. The molecule has 5 rings (SSSR count). The number of carbonyl (C=O) groups excluding carboxylic acids is 1. The van der Waals surface area contributed by atoms with Gasteiger partial charge in [-0.1, -0.05) is 42.5 Å². The molecular formula is C21H17N9O2. The molecule has 0 saturated heterocycles. The fourth-order valence-corrected chi connectivity index (χ4v) is 3.35. The van der Waals surface area contributed by atoms with Crippen LogP contribution in [0, 0.1) is 0 Å². The number of hydrazone groups is 1. The van der Waals surface area contributed by atoms with Crippen molar-refractivity contribution in [1.29, 1.82) is 0 Å². The van der Waals surface area contributed by atoms with Crippen LogP contribution in [0.3, 0.4) is 0 Å². The van der Waals surface area contributed by atoms with Crippen molar-refractivity contribution in [1.82, 2.24) is 35.5 Å². The first-order chi connectivity index (χ1) is 15.7. The summed E-state index contributed by atoms with van der Waals surface area (Å²) in [5.41, 5.74) is 12.6. The Kier molecular flexibility index (Phi) is 4.88. The number of aromatic amines is 1. The minimum absolute atomic E-state index is 0.0591. The third-order valence-corrected chi connectivity index (χ3v) is 4.81. The van der Waals surface area contributed by atoms with E-state index in [2.05, 4.69) is 36.0 Å². The average molecular weight is 427 g/mol. The van der Waals surface area contributed by atoms with E-state index < -0.39 is 0 Å². The largest absolute Gasteiger partial charge is 0.379 e. The molecule has 0 aliphatic rings. The van der Waals surface area contributed by atoms with Gasteiger partial charge in [-0.25, -0.2) is 15.0 Å². The van der Waals surface area contributed by atoms with E-state index >= 15 is 0 Å². The Bertz CT molecular complexity index is 1420. The number of para-hydroxylation sites is 2. The number of rotatable bonds is 6. The Hall–Kier alpha value is -4.80. The van der Waals surface area contributed by atoms with Crippen LogP contribution in [0.15, 0.2) is 70.5 Å². The van der Waals surface area contributed by atoms with Crippen molar-refractivity contribution in [2.45, 2.75) is 6.54 Å². The van der Waals surface area contributed by atoms with Crippen molar-refractivity contribution >= 4 is 29.0 Å². The molecule has 0 aliphatic carbocycles. The molecule has 2 aromatic carbocycles. The summed E-state index contributed by atoms with van der Waals surface area (Å²) in [6.07, 6.45) is 3.18. The highest BCUT2D eigenvalue weighted by Crippen LogP contribution is 2.26. The summed E-state index contributed by atoms with van der Waals surface area (Å²) in [4.78, 5) is 17.2. The van der Waals surface area contributed by atoms with Gasteiger partial charge in [0.1, 0.15) is 6.54 Å². The lowest BCUT2D eigenvalue weighted by Crippen LogP contribution is -2.23. The van der Waals surface area contributed by atoms with Crippen molar-refractivity contribution in [2.75, 3.05) is 5.73 Å². The number of nitrogens with zero attached hydrogens (tertiary/aromatic N) is 6. The Morgan fingerprint density at radius 2 is 1.97 bits per heavy atom. The number of hydrogen-bond acceptors (Lipinski definition) is 8. The molecule has 11 nitrogen and oxygen atoms in total. The summed E-state index contributed by atoms with van der Waals surface area (Å²) in [7, 11) is 0. The van der Waals surface area contributed by atoms with E-state index in [9.17, 15) is 4.79 Å². The van der Waals surface area contributed by atoms with Gasteiger partial charge in [-0.3, -0.25) is 9.89 Å². The third kappa shape index (κ3) is 3.58. The summed E-state index contributed by atoms with van der Waals surface area (Å²) in [5, 5.41) is 18.5. The van der Waals surface area contributed by atoms with Crippen LogP contribution in [0.4, 0.5) is 5.82 Å². The number of anilines is 1. The lowest BCUT2D eigenvalue weighted by molar-refractivity contribution is -0.121. The summed E-state index contributed by atoms with van der Waals surface area (Å²) in [5.74, 6) is 0.115. The SMILES string of the molecule is Nc1nonc1-c1nc2ccccc2n1CC(=O)N/N=C\c1cn[nH]c1-c1ccccc1. The summed E-state index contributed by atoms with van der Waals surface area (Å²) < 4.78 is 6.38. The van der Waals surface area contributed by atoms with Gasteiger partial charge >= 0.3 is 0 Å². The van der Waals surface area contributed by atoms with Gasteiger partial charge in [0, 0.05) is 11.1 Å². The van der Waals surface area contributed by atoms with Gasteiger partial charge in [0.15, 0.2) is 17.3 Å². The fraction of sp³-hybridized carbons (Fsp3) is 0.0476. The molecular weight excluding hydrogens is 410 g/mol. The van der Waals surface area contributed by atoms with E-state index in [4.69, 9.17) is 10.4 Å². The first-order valence-electron chi connectivity index (χ1n) is 9.65. The average Bonchev–Trinajstić information content (AvgIpc) is 3.53. The third-order valence-electron chi connectivity index (χ3n) is 4.81. The molecule has 3 heterocycles. The standard InChI is InChI=1S/C21H17N9O2/c22-20-19(28-32-29-20)21-25-15-8-4-5-9-16(15)30(21)12-17(31)26-23-10-14-11-24-27-18(14)13-6-2-1-3-7-13/h1-11H,12H2,(H2,22,29)(H,24,27)(H,26,31)/b23-10-.